The van der Waals surface area contributed by atoms with Crippen LogP contribution in [0.25, 0.3) is 10.8 Å². The molecule has 0 aliphatic heterocycles. The molecular weight excluding hydrogens is 456 g/mol. The van der Waals surface area contributed by atoms with E-state index in [9.17, 15) is 14.9 Å². The van der Waals surface area contributed by atoms with Gasteiger partial charge in [-0.25, -0.2) is 0 Å². The highest BCUT2D eigenvalue weighted by Crippen LogP contribution is 2.41. The lowest BCUT2D eigenvalue weighted by molar-refractivity contribution is -0.384. The van der Waals surface area contributed by atoms with Crippen LogP contribution < -0.4 is 5.32 Å². The number of aryl methyl sites for hydroxylation is 2. The van der Waals surface area contributed by atoms with Crippen molar-refractivity contribution >= 4 is 30.7 Å². The Morgan fingerprint density at radius 3 is 2.69 bits per heavy atom. The lowest BCUT2D eigenvalue weighted by Gasteiger charge is -2.36. The van der Waals surface area contributed by atoms with Gasteiger partial charge in [0, 0.05) is 24.8 Å². The summed E-state index contributed by atoms with van der Waals surface area (Å²) in [4.78, 5) is 24.4. The van der Waals surface area contributed by atoms with Gasteiger partial charge in [-0.15, -0.1) is 0 Å². The first-order chi connectivity index (χ1) is 16.7. The quantitative estimate of drug-likeness (QED) is 0.216. The van der Waals surface area contributed by atoms with Crippen molar-refractivity contribution in [1.82, 2.24) is 5.32 Å². The van der Waals surface area contributed by atoms with Crippen LogP contribution in [0.4, 0.5) is 5.69 Å². The van der Waals surface area contributed by atoms with E-state index in [0.29, 0.717) is 17.0 Å². The lowest BCUT2D eigenvalue weighted by Crippen LogP contribution is -2.37. The molecule has 1 aliphatic rings. The van der Waals surface area contributed by atoms with Crippen LogP contribution >= 0.6 is 0 Å². The van der Waals surface area contributed by atoms with Crippen molar-refractivity contribution < 1.29 is 14.1 Å². The maximum atomic E-state index is 13.5. The number of carbonyl (C=O) groups excluding carboxylic acids is 1. The molecule has 0 aromatic heterocycles. The second-order valence-electron chi connectivity index (χ2n) is 10.3. The molecule has 7 heteroatoms. The highest BCUT2D eigenvalue weighted by Gasteiger charge is 2.33. The summed E-state index contributed by atoms with van der Waals surface area (Å²) in [5.74, 6) is 0.0258. The summed E-state index contributed by atoms with van der Waals surface area (Å²) >= 11 is 0. The van der Waals surface area contributed by atoms with E-state index < -0.39 is 13.2 Å². The monoisotopic (exact) mass is 490 g/mol. The van der Waals surface area contributed by atoms with Gasteiger partial charge in [0.2, 0.25) is 0 Å². The van der Waals surface area contributed by atoms with Crippen LogP contribution in [0.15, 0.2) is 54.6 Å². The van der Waals surface area contributed by atoms with Gasteiger partial charge in [-0.3, -0.25) is 14.9 Å². The molecule has 1 amide bonds. The second kappa shape index (κ2) is 10.3. The summed E-state index contributed by atoms with van der Waals surface area (Å²) in [6, 6.07) is 18.2. The molecule has 0 saturated heterocycles. The fourth-order valence-corrected chi connectivity index (χ4v) is 6.55. The normalized spacial score (nSPS) is 17.7. The molecule has 184 valence electrons. The highest BCUT2D eigenvalue weighted by molar-refractivity contribution is 6.71. The Kier molecular flexibility index (Phi) is 7.38. The maximum absolute atomic E-state index is 13.5. The molecule has 35 heavy (non-hydrogen) atoms. The zero-order valence-electron chi connectivity index (χ0n) is 21.0. The van der Waals surface area contributed by atoms with Gasteiger partial charge in [-0.2, -0.15) is 0 Å². The van der Waals surface area contributed by atoms with Crippen LogP contribution in [-0.4, -0.2) is 26.3 Å². The smallest absolute Gasteiger partial charge is 0.270 e. The molecule has 1 N–H and O–H groups in total. The van der Waals surface area contributed by atoms with Crippen LogP contribution in [-0.2, 0) is 10.8 Å². The molecule has 4 rings (SSSR count). The molecule has 0 saturated carbocycles. The van der Waals surface area contributed by atoms with E-state index in [2.05, 4.69) is 42.7 Å². The fraction of sp³-hybridized carbons (Fsp3) is 0.393. The summed E-state index contributed by atoms with van der Waals surface area (Å²) in [7, 11) is 0.146. The van der Waals surface area contributed by atoms with Gasteiger partial charge >= 0.3 is 0 Å². The van der Waals surface area contributed by atoms with E-state index in [4.69, 9.17) is 4.43 Å². The Balaban J connectivity index is 1.69. The van der Waals surface area contributed by atoms with Crippen LogP contribution in [0.5, 0.6) is 0 Å². The minimum Gasteiger partial charge on any atom is -0.420 e. The predicted molar refractivity (Wildman–Crippen MR) is 142 cm³/mol. The molecule has 2 unspecified atom stereocenters. The summed E-state index contributed by atoms with van der Waals surface area (Å²) in [5.41, 5.74) is 3.43. The zero-order chi connectivity index (χ0) is 25.2. The number of non-ortho nitro benzene ring substituents is 1. The van der Waals surface area contributed by atoms with Crippen molar-refractivity contribution in [2.45, 2.75) is 57.8 Å². The van der Waals surface area contributed by atoms with Crippen molar-refractivity contribution in [2.75, 3.05) is 7.11 Å². The molecule has 0 fully saturated rings. The third-order valence-electron chi connectivity index (χ3n) is 7.36. The zero-order valence-corrected chi connectivity index (χ0v) is 22.0. The standard InChI is InChI=1S/C28H34N2O4Si/c1-19-16-23(18-24(17-19)30(32)33)28(31)29-27-22(9-7-15-35(3,4)34-2)14-13-21-12-11-20-8-5-6-10-25(20)26(21)27/h5-6,8,10-12,16-18,22,27H,7,9,13-15H2,1-4H3,(H,29,31). The summed E-state index contributed by atoms with van der Waals surface area (Å²) in [5, 5.41) is 17.0. The van der Waals surface area contributed by atoms with Gasteiger partial charge in [-0.05, 0) is 84.8 Å². The van der Waals surface area contributed by atoms with Crippen molar-refractivity contribution in [3.8, 4) is 0 Å². The number of hydrogen-bond acceptors (Lipinski definition) is 4. The summed E-state index contributed by atoms with van der Waals surface area (Å²) in [6.45, 7) is 6.25. The number of benzene rings is 3. The second-order valence-corrected chi connectivity index (χ2v) is 14.7. The van der Waals surface area contributed by atoms with E-state index >= 15 is 0 Å². The number of amides is 1. The molecular formula is C28H34N2O4Si. The van der Waals surface area contributed by atoms with Crippen LogP contribution in [0, 0.1) is 23.0 Å². The van der Waals surface area contributed by atoms with E-state index in [-0.39, 0.29) is 17.6 Å². The first kappa shape index (κ1) is 25.1. The molecule has 0 spiro atoms. The van der Waals surface area contributed by atoms with Gasteiger partial charge < -0.3 is 9.74 Å². The number of carbonyl (C=O) groups is 1. The average Bonchev–Trinajstić information content (AvgIpc) is 2.84. The van der Waals surface area contributed by atoms with Crippen LogP contribution in [0.3, 0.4) is 0 Å². The first-order valence-electron chi connectivity index (χ1n) is 12.3. The summed E-state index contributed by atoms with van der Waals surface area (Å²) in [6.07, 6.45) is 4.04. The number of hydrogen-bond donors (Lipinski definition) is 1. The third-order valence-corrected chi connectivity index (χ3v) is 10.0. The minimum absolute atomic E-state index is 0.0621. The molecule has 3 aromatic rings. The van der Waals surface area contributed by atoms with Gasteiger partial charge in [0.25, 0.3) is 11.6 Å². The molecule has 2 atom stereocenters. The molecule has 3 aromatic carbocycles. The van der Waals surface area contributed by atoms with E-state index in [1.165, 1.54) is 28.6 Å². The predicted octanol–water partition coefficient (Wildman–Crippen LogP) is 6.72. The fourth-order valence-electron chi connectivity index (χ4n) is 5.29. The van der Waals surface area contributed by atoms with Gasteiger partial charge in [0.15, 0.2) is 8.32 Å². The Hall–Kier alpha value is -3.03. The largest absolute Gasteiger partial charge is 0.420 e. The van der Waals surface area contributed by atoms with Crippen LogP contribution in [0.2, 0.25) is 19.1 Å². The van der Waals surface area contributed by atoms with Crippen molar-refractivity contribution in [3.63, 3.8) is 0 Å². The topological polar surface area (TPSA) is 81.5 Å². The number of nitrogens with one attached hydrogen (secondary N) is 1. The molecule has 0 radical (unpaired) electrons. The Morgan fingerprint density at radius 2 is 1.94 bits per heavy atom. The number of nitro benzene ring substituents is 1. The molecule has 6 nitrogen and oxygen atoms in total. The van der Waals surface area contributed by atoms with Gasteiger partial charge in [0.1, 0.15) is 0 Å². The van der Waals surface area contributed by atoms with Crippen molar-refractivity contribution in [3.05, 3.63) is 87.0 Å². The Morgan fingerprint density at radius 1 is 1.17 bits per heavy atom. The SMILES string of the molecule is CO[Si](C)(C)CCCC1CCc2ccc3ccccc3c2C1NC(=O)c1cc(C)cc([N+](=O)[O-])c1. The average molecular weight is 491 g/mol. The molecule has 0 bridgehead atoms. The summed E-state index contributed by atoms with van der Waals surface area (Å²) < 4.78 is 5.75. The lowest BCUT2D eigenvalue weighted by atomic mass is 9.75. The van der Waals surface area contributed by atoms with Crippen LogP contribution in [0.1, 0.15) is 52.4 Å². The molecule has 1 aliphatic carbocycles. The Labute approximate surface area is 208 Å². The Bertz CT molecular complexity index is 1260. The van der Waals surface area contributed by atoms with Crippen molar-refractivity contribution in [2.24, 2.45) is 5.92 Å². The number of rotatable bonds is 8. The maximum Gasteiger partial charge on any atom is 0.270 e. The first-order valence-corrected chi connectivity index (χ1v) is 15.4. The van der Waals surface area contributed by atoms with E-state index in [1.807, 2.05) is 12.1 Å². The number of nitrogens with zero attached hydrogens (tertiary/aromatic N) is 1. The number of nitro groups is 1. The van der Waals surface area contributed by atoms with Gasteiger partial charge in [0.05, 0.1) is 11.0 Å². The van der Waals surface area contributed by atoms with Crippen molar-refractivity contribution in [1.29, 1.82) is 0 Å². The van der Waals surface area contributed by atoms with E-state index in [1.54, 1.807) is 20.1 Å². The molecule has 0 heterocycles. The number of fused-ring (bicyclic) bond motifs is 3. The third kappa shape index (κ3) is 5.62. The van der Waals surface area contributed by atoms with E-state index in [0.717, 1.165) is 37.1 Å². The van der Waals surface area contributed by atoms with Gasteiger partial charge in [-0.1, -0.05) is 42.8 Å². The highest BCUT2D eigenvalue weighted by atomic mass is 28.4. The minimum atomic E-state index is -1.66.